The van der Waals surface area contributed by atoms with Gasteiger partial charge in [-0.05, 0) is 61.9 Å². The van der Waals surface area contributed by atoms with Crippen LogP contribution in [0.1, 0.15) is 36.1 Å². The molecule has 0 amide bonds. The number of hydrogen-bond acceptors (Lipinski definition) is 1. The van der Waals surface area contributed by atoms with E-state index in [1.54, 1.807) is 4.68 Å². The minimum Gasteiger partial charge on any atom is -0.290 e. The number of nitrogens with zero attached hydrogens (tertiary/aromatic N) is 1. The lowest BCUT2D eigenvalue weighted by atomic mass is 9.99. The number of aromatic amines is 1. The smallest absolute Gasteiger partial charge is 0.275 e. The Morgan fingerprint density at radius 2 is 1.64 bits per heavy atom. The third-order valence-electron chi connectivity index (χ3n) is 4.69. The molecule has 2 aromatic carbocycles. The molecule has 0 aliphatic rings. The molecule has 0 saturated carbocycles. The topological polar surface area (TPSA) is 37.8 Å². The van der Waals surface area contributed by atoms with Crippen molar-refractivity contribution in [2.24, 2.45) is 5.92 Å². The summed E-state index contributed by atoms with van der Waals surface area (Å²) in [5.74, 6) is 0.418. The Bertz CT molecular complexity index is 943. The zero-order valence-electron chi connectivity index (χ0n) is 15.7. The third-order valence-corrected chi connectivity index (χ3v) is 4.69. The first-order valence-electron chi connectivity index (χ1n) is 8.85. The van der Waals surface area contributed by atoms with Crippen LogP contribution in [-0.2, 0) is 6.42 Å². The fourth-order valence-corrected chi connectivity index (χ4v) is 3.08. The first-order chi connectivity index (χ1) is 11.9. The molecule has 0 bridgehead atoms. The molecule has 25 heavy (non-hydrogen) atoms. The highest BCUT2D eigenvalue weighted by Crippen LogP contribution is 2.24. The van der Waals surface area contributed by atoms with Gasteiger partial charge in [-0.3, -0.25) is 9.89 Å². The van der Waals surface area contributed by atoms with E-state index in [-0.39, 0.29) is 5.56 Å². The van der Waals surface area contributed by atoms with Gasteiger partial charge in [0.05, 0.1) is 11.4 Å². The van der Waals surface area contributed by atoms with Gasteiger partial charge in [0, 0.05) is 5.56 Å². The van der Waals surface area contributed by atoms with Crippen LogP contribution in [0.15, 0.2) is 47.3 Å². The molecule has 3 heteroatoms. The Hall–Kier alpha value is -2.55. The Kier molecular flexibility index (Phi) is 4.67. The van der Waals surface area contributed by atoms with Gasteiger partial charge in [0.2, 0.25) is 0 Å². The van der Waals surface area contributed by atoms with Crippen molar-refractivity contribution in [1.29, 1.82) is 0 Å². The van der Waals surface area contributed by atoms with E-state index in [1.165, 1.54) is 16.7 Å². The Morgan fingerprint density at radius 3 is 2.24 bits per heavy atom. The van der Waals surface area contributed by atoms with Crippen LogP contribution in [-0.4, -0.2) is 9.78 Å². The summed E-state index contributed by atoms with van der Waals surface area (Å²) in [6, 6.07) is 14.4. The van der Waals surface area contributed by atoms with Crippen LogP contribution in [0.5, 0.6) is 0 Å². The van der Waals surface area contributed by atoms with Crippen molar-refractivity contribution in [3.63, 3.8) is 0 Å². The first-order valence-corrected chi connectivity index (χ1v) is 8.85. The second-order valence-electron chi connectivity index (χ2n) is 7.34. The number of H-pyrrole nitrogens is 1. The molecule has 0 atom stereocenters. The van der Waals surface area contributed by atoms with E-state index in [0.29, 0.717) is 5.92 Å². The summed E-state index contributed by atoms with van der Waals surface area (Å²) < 4.78 is 1.68. The SMILES string of the molecule is Cc1ccc(-c2[nH]n(-c3ccc(C)c(C)c3)c(=O)c2CC(C)C)cc1. The van der Waals surface area contributed by atoms with E-state index < -0.39 is 0 Å². The van der Waals surface area contributed by atoms with E-state index in [0.717, 1.165) is 28.9 Å². The van der Waals surface area contributed by atoms with E-state index in [4.69, 9.17) is 0 Å². The number of nitrogens with one attached hydrogen (secondary N) is 1. The molecule has 0 fully saturated rings. The highest BCUT2D eigenvalue weighted by Gasteiger charge is 2.18. The van der Waals surface area contributed by atoms with Crippen LogP contribution in [0.4, 0.5) is 0 Å². The van der Waals surface area contributed by atoms with Crippen molar-refractivity contribution in [2.45, 2.75) is 41.0 Å². The van der Waals surface area contributed by atoms with Gasteiger partial charge in [-0.25, -0.2) is 4.68 Å². The normalized spacial score (nSPS) is 11.3. The van der Waals surface area contributed by atoms with Crippen molar-refractivity contribution < 1.29 is 0 Å². The summed E-state index contributed by atoms with van der Waals surface area (Å²) in [4.78, 5) is 13.1. The molecule has 0 spiro atoms. The van der Waals surface area contributed by atoms with Crippen molar-refractivity contribution >= 4 is 0 Å². The van der Waals surface area contributed by atoms with Crippen molar-refractivity contribution in [3.05, 3.63) is 75.1 Å². The van der Waals surface area contributed by atoms with Gasteiger partial charge in [0.25, 0.3) is 5.56 Å². The summed E-state index contributed by atoms with van der Waals surface area (Å²) in [5.41, 5.74) is 7.40. The minimum absolute atomic E-state index is 0.0486. The maximum Gasteiger partial charge on any atom is 0.275 e. The second kappa shape index (κ2) is 6.75. The third kappa shape index (κ3) is 3.46. The van der Waals surface area contributed by atoms with E-state index in [9.17, 15) is 4.79 Å². The summed E-state index contributed by atoms with van der Waals surface area (Å²) in [6.45, 7) is 10.5. The van der Waals surface area contributed by atoms with Gasteiger partial charge in [0.1, 0.15) is 0 Å². The molecule has 1 heterocycles. The van der Waals surface area contributed by atoms with Crippen molar-refractivity contribution in [1.82, 2.24) is 9.78 Å². The lowest BCUT2D eigenvalue weighted by Gasteiger charge is -2.06. The summed E-state index contributed by atoms with van der Waals surface area (Å²) in [7, 11) is 0. The molecule has 1 N–H and O–H groups in total. The Morgan fingerprint density at radius 1 is 0.960 bits per heavy atom. The first kappa shape index (κ1) is 17.3. The molecule has 3 aromatic rings. The molecule has 0 aliphatic heterocycles. The molecule has 1 aromatic heterocycles. The molecular weight excluding hydrogens is 308 g/mol. The number of benzene rings is 2. The molecule has 0 radical (unpaired) electrons. The van der Waals surface area contributed by atoms with E-state index in [1.807, 2.05) is 6.07 Å². The van der Waals surface area contributed by atoms with Gasteiger partial charge in [0.15, 0.2) is 0 Å². The zero-order valence-corrected chi connectivity index (χ0v) is 15.7. The minimum atomic E-state index is 0.0486. The largest absolute Gasteiger partial charge is 0.290 e. The molecule has 0 saturated heterocycles. The predicted octanol–water partition coefficient (Wildman–Crippen LogP) is 4.96. The molecule has 3 rings (SSSR count). The molecule has 0 aliphatic carbocycles. The quantitative estimate of drug-likeness (QED) is 0.720. The van der Waals surface area contributed by atoms with Gasteiger partial charge < -0.3 is 0 Å². The molecule has 130 valence electrons. The van der Waals surface area contributed by atoms with Crippen LogP contribution in [0.3, 0.4) is 0 Å². The zero-order chi connectivity index (χ0) is 18.1. The summed E-state index contributed by atoms with van der Waals surface area (Å²) >= 11 is 0. The lowest BCUT2D eigenvalue weighted by Crippen LogP contribution is -2.18. The monoisotopic (exact) mass is 334 g/mol. The molecule has 3 nitrogen and oxygen atoms in total. The summed E-state index contributed by atoms with van der Waals surface area (Å²) in [5, 5.41) is 3.36. The van der Waals surface area contributed by atoms with E-state index >= 15 is 0 Å². The maximum absolute atomic E-state index is 13.1. The average molecular weight is 334 g/mol. The van der Waals surface area contributed by atoms with Crippen LogP contribution in [0.25, 0.3) is 16.9 Å². The van der Waals surface area contributed by atoms with Crippen LogP contribution in [0.2, 0.25) is 0 Å². The number of aryl methyl sites for hydroxylation is 3. The number of aromatic nitrogens is 2. The second-order valence-corrected chi connectivity index (χ2v) is 7.34. The van der Waals surface area contributed by atoms with Gasteiger partial charge in [-0.1, -0.05) is 49.7 Å². The van der Waals surface area contributed by atoms with Gasteiger partial charge in [-0.2, -0.15) is 0 Å². The lowest BCUT2D eigenvalue weighted by molar-refractivity contribution is 0.644. The Labute approximate surface area is 149 Å². The molecule has 0 unspecified atom stereocenters. The fourth-order valence-electron chi connectivity index (χ4n) is 3.08. The van der Waals surface area contributed by atoms with Crippen molar-refractivity contribution in [2.75, 3.05) is 0 Å². The number of hydrogen-bond donors (Lipinski definition) is 1. The van der Waals surface area contributed by atoms with Gasteiger partial charge in [-0.15, -0.1) is 0 Å². The highest BCUT2D eigenvalue weighted by molar-refractivity contribution is 5.63. The predicted molar refractivity (Wildman–Crippen MR) is 105 cm³/mol. The standard InChI is InChI=1S/C22H26N2O/c1-14(2)12-20-21(18-9-6-15(3)7-10-18)23-24(22(20)25)19-11-8-16(4)17(5)13-19/h6-11,13-14,23H,12H2,1-5H3. The van der Waals surface area contributed by atoms with Crippen LogP contribution >= 0.6 is 0 Å². The van der Waals surface area contributed by atoms with Crippen molar-refractivity contribution in [3.8, 4) is 16.9 Å². The van der Waals surface area contributed by atoms with Crippen LogP contribution < -0.4 is 5.56 Å². The average Bonchev–Trinajstić information content (AvgIpc) is 2.87. The van der Waals surface area contributed by atoms with Gasteiger partial charge >= 0.3 is 0 Å². The summed E-state index contributed by atoms with van der Waals surface area (Å²) in [6.07, 6.45) is 0.760. The van der Waals surface area contributed by atoms with Crippen LogP contribution in [0, 0.1) is 26.7 Å². The maximum atomic E-state index is 13.1. The fraction of sp³-hybridized carbons (Fsp3) is 0.318. The Balaban J connectivity index is 2.19. The van der Waals surface area contributed by atoms with E-state index in [2.05, 4.69) is 76.1 Å². The molecular formula is C22H26N2O. The highest BCUT2D eigenvalue weighted by atomic mass is 16.1. The number of rotatable bonds is 4.